The Labute approximate surface area is 167 Å². The van der Waals surface area contributed by atoms with Crippen LogP contribution >= 0.6 is 0 Å². The van der Waals surface area contributed by atoms with Crippen molar-refractivity contribution in [3.05, 3.63) is 29.8 Å². The molecule has 1 amide bonds. The summed E-state index contributed by atoms with van der Waals surface area (Å²) in [6.45, 7) is 6.19. The molecule has 1 aromatic carbocycles. The number of amides is 1. The number of anilines is 1. The zero-order chi connectivity index (χ0) is 20.0. The van der Waals surface area contributed by atoms with E-state index in [0.29, 0.717) is 32.0 Å². The zero-order valence-electron chi connectivity index (χ0n) is 16.4. The predicted molar refractivity (Wildman–Crippen MR) is 107 cm³/mol. The standard InChI is InChI=1S/C19H29N3O5S/c1-28(24,25)22(16-19(23)21-10-14-27-15-11-21)18-4-2-17(3-5-18)6-7-20-8-12-26-13-9-20/h2-5H,6-16H2,1H3. The SMILES string of the molecule is CS(=O)(=O)N(CC(=O)N1CCOCC1)c1ccc(CCN2CCOCC2)cc1. The maximum Gasteiger partial charge on any atom is 0.243 e. The van der Waals surface area contributed by atoms with E-state index in [1.807, 2.05) is 12.1 Å². The first-order valence-corrected chi connectivity index (χ1v) is 11.5. The molecule has 0 unspecified atom stereocenters. The number of hydrogen-bond acceptors (Lipinski definition) is 6. The lowest BCUT2D eigenvalue weighted by Crippen LogP contribution is -2.47. The van der Waals surface area contributed by atoms with E-state index in [9.17, 15) is 13.2 Å². The second kappa shape index (κ2) is 9.69. The van der Waals surface area contributed by atoms with Crippen LogP contribution in [0.1, 0.15) is 5.56 Å². The van der Waals surface area contributed by atoms with Gasteiger partial charge in [0.05, 0.1) is 38.4 Å². The van der Waals surface area contributed by atoms with E-state index in [2.05, 4.69) is 4.90 Å². The lowest BCUT2D eigenvalue weighted by Gasteiger charge is -2.30. The van der Waals surface area contributed by atoms with E-state index in [1.54, 1.807) is 17.0 Å². The molecular formula is C19H29N3O5S. The predicted octanol–water partition coefficient (Wildman–Crippen LogP) is 0.186. The summed E-state index contributed by atoms with van der Waals surface area (Å²) in [7, 11) is -3.56. The third-order valence-corrected chi connectivity index (χ3v) is 6.23. The summed E-state index contributed by atoms with van der Waals surface area (Å²) in [6.07, 6.45) is 2.03. The van der Waals surface area contributed by atoms with E-state index >= 15 is 0 Å². The van der Waals surface area contributed by atoms with Crippen molar-refractivity contribution in [1.82, 2.24) is 9.80 Å². The molecule has 2 heterocycles. The van der Waals surface area contributed by atoms with Crippen LogP contribution in [0.4, 0.5) is 5.69 Å². The van der Waals surface area contributed by atoms with Gasteiger partial charge >= 0.3 is 0 Å². The minimum absolute atomic E-state index is 0.189. The summed E-state index contributed by atoms with van der Waals surface area (Å²) >= 11 is 0. The van der Waals surface area contributed by atoms with Gasteiger partial charge in [0.1, 0.15) is 6.54 Å². The smallest absolute Gasteiger partial charge is 0.243 e. The summed E-state index contributed by atoms with van der Waals surface area (Å²) in [5, 5.41) is 0. The Morgan fingerprint density at radius 2 is 1.57 bits per heavy atom. The molecule has 1 aromatic rings. The zero-order valence-corrected chi connectivity index (χ0v) is 17.2. The molecule has 0 bridgehead atoms. The number of carbonyl (C=O) groups excluding carboxylic acids is 1. The quantitative estimate of drug-likeness (QED) is 0.637. The number of sulfonamides is 1. The van der Waals surface area contributed by atoms with Crippen molar-refractivity contribution in [2.75, 3.05) is 76.3 Å². The molecule has 0 atom stereocenters. The molecule has 3 rings (SSSR count). The average molecular weight is 412 g/mol. The number of morpholine rings is 2. The van der Waals surface area contributed by atoms with Crippen molar-refractivity contribution in [3.63, 3.8) is 0 Å². The molecule has 2 aliphatic rings. The fourth-order valence-corrected chi connectivity index (χ4v) is 4.23. The maximum absolute atomic E-state index is 12.5. The van der Waals surface area contributed by atoms with Crippen molar-refractivity contribution in [2.24, 2.45) is 0 Å². The Balaban J connectivity index is 1.62. The Kier molecular flexibility index (Phi) is 7.28. The number of benzene rings is 1. The van der Waals surface area contributed by atoms with Crippen LogP contribution in [0.5, 0.6) is 0 Å². The largest absolute Gasteiger partial charge is 0.379 e. The summed E-state index contributed by atoms with van der Waals surface area (Å²) in [5.41, 5.74) is 1.66. The Morgan fingerprint density at radius 1 is 1.00 bits per heavy atom. The number of carbonyl (C=O) groups is 1. The maximum atomic E-state index is 12.5. The molecule has 0 aromatic heterocycles. The van der Waals surface area contributed by atoms with Crippen molar-refractivity contribution >= 4 is 21.6 Å². The number of nitrogens with zero attached hydrogens (tertiary/aromatic N) is 3. The lowest BCUT2D eigenvalue weighted by molar-refractivity contribution is -0.133. The minimum atomic E-state index is -3.56. The van der Waals surface area contributed by atoms with Crippen LogP contribution in [-0.4, -0.2) is 96.1 Å². The molecule has 9 heteroatoms. The van der Waals surface area contributed by atoms with Gasteiger partial charge in [-0.15, -0.1) is 0 Å². The van der Waals surface area contributed by atoms with Gasteiger partial charge in [-0.3, -0.25) is 14.0 Å². The third-order valence-electron chi connectivity index (χ3n) is 5.09. The topological polar surface area (TPSA) is 79.4 Å². The van der Waals surface area contributed by atoms with Crippen molar-refractivity contribution < 1.29 is 22.7 Å². The highest BCUT2D eigenvalue weighted by atomic mass is 32.2. The van der Waals surface area contributed by atoms with Crippen LogP contribution in [-0.2, 0) is 30.7 Å². The van der Waals surface area contributed by atoms with Gasteiger partial charge in [-0.05, 0) is 24.1 Å². The third kappa shape index (κ3) is 5.91. The molecule has 0 N–H and O–H groups in total. The van der Waals surface area contributed by atoms with E-state index in [-0.39, 0.29) is 12.5 Å². The van der Waals surface area contributed by atoms with Gasteiger partial charge in [0.15, 0.2) is 0 Å². The van der Waals surface area contributed by atoms with Gasteiger partial charge in [-0.1, -0.05) is 12.1 Å². The van der Waals surface area contributed by atoms with Crippen LogP contribution in [0.2, 0.25) is 0 Å². The van der Waals surface area contributed by atoms with Gasteiger partial charge in [0.25, 0.3) is 0 Å². The Morgan fingerprint density at radius 3 is 2.14 bits per heavy atom. The number of rotatable bonds is 7. The first kappa shape index (κ1) is 21.0. The van der Waals surface area contributed by atoms with Gasteiger partial charge in [-0.25, -0.2) is 8.42 Å². The molecule has 0 radical (unpaired) electrons. The molecule has 8 nitrogen and oxygen atoms in total. The number of ether oxygens (including phenoxy) is 2. The van der Waals surface area contributed by atoms with Crippen LogP contribution in [0.3, 0.4) is 0 Å². The molecule has 28 heavy (non-hydrogen) atoms. The highest BCUT2D eigenvalue weighted by molar-refractivity contribution is 7.92. The lowest BCUT2D eigenvalue weighted by atomic mass is 10.1. The van der Waals surface area contributed by atoms with Crippen LogP contribution in [0.25, 0.3) is 0 Å². The Hall–Kier alpha value is -1.68. The second-order valence-electron chi connectivity index (χ2n) is 7.13. The Bertz CT molecular complexity index is 741. The molecule has 0 spiro atoms. The molecule has 156 valence electrons. The molecule has 0 saturated carbocycles. The van der Waals surface area contributed by atoms with Crippen LogP contribution in [0, 0.1) is 0 Å². The minimum Gasteiger partial charge on any atom is -0.379 e. The van der Waals surface area contributed by atoms with Crippen molar-refractivity contribution in [2.45, 2.75) is 6.42 Å². The first-order valence-electron chi connectivity index (χ1n) is 9.66. The van der Waals surface area contributed by atoms with E-state index in [4.69, 9.17) is 9.47 Å². The molecule has 0 aliphatic carbocycles. The highest BCUT2D eigenvalue weighted by Gasteiger charge is 2.25. The van der Waals surface area contributed by atoms with Crippen LogP contribution < -0.4 is 4.31 Å². The highest BCUT2D eigenvalue weighted by Crippen LogP contribution is 2.19. The average Bonchev–Trinajstić information content (AvgIpc) is 2.71. The van der Waals surface area contributed by atoms with Gasteiger partial charge in [-0.2, -0.15) is 0 Å². The normalized spacial score (nSPS) is 18.8. The van der Waals surface area contributed by atoms with Gasteiger partial charge in [0, 0.05) is 32.7 Å². The van der Waals surface area contributed by atoms with Gasteiger partial charge < -0.3 is 14.4 Å². The van der Waals surface area contributed by atoms with E-state index in [0.717, 1.165) is 51.1 Å². The van der Waals surface area contributed by atoms with Crippen molar-refractivity contribution in [1.29, 1.82) is 0 Å². The second-order valence-corrected chi connectivity index (χ2v) is 9.04. The molecule has 2 fully saturated rings. The summed E-state index contributed by atoms with van der Waals surface area (Å²) < 4.78 is 36.3. The fourth-order valence-electron chi connectivity index (χ4n) is 3.38. The summed E-state index contributed by atoms with van der Waals surface area (Å²) in [6, 6.07) is 7.44. The molecule has 2 saturated heterocycles. The number of hydrogen-bond donors (Lipinski definition) is 0. The monoisotopic (exact) mass is 411 g/mol. The summed E-state index contributed by atoms with van der Waals surface area (Å²) in [5.74, 6) is -0.204. The van der Waals surface area contributed by atoms with Crippen LogP contribution in [0.15, 0.2) is 24.3 Å². The summed E-state index contributed by atoms with van der Waals surface area (Å²) in [4.78, 5) is 16.5. The van der Waals surface area contributed by atoms with E-state index < -0.39 is 10.0 Å². The first-order chi connectivity index (χ1) is 13.4. The van der Waals surface area contributed by atoms with Gasteiger partial charge in [0.2, 0.25) is 15.9 Å². The fraction of sp³-hybridized carbons (Fsp3) is 0.632. The van der Waals surface area contributed by atoms with E-state index in [1.165, 1.54) is 4.31 Å². The van der Waals surface area contributed by atoms with Crippen molar-refractivity contribution in [3.8, 4) is 0 Å². The molecular weight excluding hydrogens is 382 g/mol. The molecule has 2 aliphatic heterocycles.